The molecule has 0 unspecified atom stereocenters. The van der Waals surface area contributed by atoms with Gasteiger partial charge in [-0.3, -0.25) is 9.59 Å². The zero-order valence-corrected chi connectivity index (χ0v) is 36.0. The highest BCUT2D eigenvalue weighted by Crippen LogP contribution is 2.29. The van der Waals surface area contributed by atoms with E-state index in [0.717, 1.165) is 58.0 Å². The Morgan fingerprint density at radius 3 is 1.52 bits per heavy atom. The Kier molecular flexibility index (Phi) is 16.0. The zero-order chi connectivity index (χ0) is 44.5. The Hall–Kier alpha value is -7.09. The molecule has 0 atom stereocenters. The van der Waals surface area contributed by atoms with Gasteiger partial charge in [-0.25, -0.2) is 14.4 Å². The molecule has 6 aromatic rings. The van der Waals surface area contributed by atoms with E-state index in [4.69, 9.17) is 32.7 Å². The van der Waals surface area contributed by atoms with Crippen LogP contribution in [0.3, 0.4) is 0 Å². The van der Waals surface area contributed by atoms with Gasteiger partial charge in [0.1, 0.15) is 42.9 Å². The standard InChI is InChI=1S/C50H51FN4O9/c1-34-45(52-49(62-34)39-9-5-3-6-10-39)23-26-58-43-19-15-36(16-20-43)29-41(54-60-28-25-51)31-47(56)64-48(57)32-42(55-61-33-38-13-14-38)30-37-17-21-44(22-18-37)59-27-24-46-35(2)63-50(53-46)40-11-7-4-8-12-40/h3-12,15-22,38H,13-14,23-33H2,1-2H3. The van der Waals surface area contributed by atoms with Crippen LogP contribution in [-0.4, -0.2) is 66.4 Å². The molecule has 0 aliphatic heterocycles. The summed E-state index contributed by atoms with van der Waals surface area (Å²) < 4.78 is 41.8. The van der Waals surface area contributed by atoms with Crippen LogP contribution in [0.4, 0.5) is 4.39 Å². The predicted molar refractivity (Wildman–Crippen MR) is 238 cm³/mol. The summed E-state index contributed by atoms with van der Waals surface area (Å²) in [6, 6.07) is 34.2. The van der Waals surface area contributed by atoms with Gasteiger partial charge in [0.2, 0.25) is 11.8 Å². The van der Waals surface area contributed by atoms with Crippen molar-refractivity contribution < 1.29 is 46.7 Å². The fraction of sp³-hybridized carbons (Fsp3) is 0.320. The van der Waals surface area contributed by atoms with Crippen molar-refractivity contribution in [3.05, 3.63) is 143 Å². The normalized spacial score (nSPS) is 12.8. The third-order valence-corrected chi connectivity index (χ3v) is 10.2. The molecule has 4 aromatic carbocycles. The summed E-state index contributed by atoms with van der Waals surface area (Å²) in [6.45, 7) is 3.97. The van der Waals surface area contributed by atoms with Gasteiger partial charge in [0.05, 0.1) is 48.9 Å². The smallest absolute Gasteiger partial charge is 0.319 e. The van der Waals surface area contributed by atoms with Crippen molar-refractivity contribution in [2.24, 2.45) is 16.2 Å². The van der Waals surface area contributed by atoms with Crippen LogP contribution in [-0.2, 0) is 49.7 Å². The van der Waals surface area contributed by atoms with Crippen molar-refractivity contribution in [1.82, 2.24) is 9.97 Å². The van der Waals surface area contributed by atoms with E-state index in [9.17, 15) is 14.0 Å². The number of aryl methyl sites for hydroxylation is 2. The second kappa shape index (κ2) is 22.8. The molecule has 2 heterocycles. The number of benzene rings is 4. The highest BCUT2D eigenvalue weighted by Gasteiger charge is 2.23. The number of nitrogens with zero attached hydrogens (tertiary/aromatic N) is 4. The SMILES string of the molecule is Cc1oc(-c2ccccc2)nc1CCOc1ccc(CC(CC(=O)OC(=O)CC(Cc2ccc(OCCc3nc(-c4ccccc4)oc3C)cc2)=NOCC2CC2)=NOCCF)cc1. The van der Waals surface area contributed by atoms with Crippen LogP contribution in [0.15, 0.2) is 128 Å². The first kappa shape index (κ1) is 44.9. The lowest BCUT2D eigenvalue weighted by Crippen LogP contribution is -2.20. The van der Waals surface area contributed by atoms with E-state index in [-0.39, 0.29) is 38.0 Å². The van der Waals surface area contributed by atoms with Crippen molar-refractivity contribution in [3.63, 3.8) is 0 Å². The number of rotatable bonds is 24. The van der Waals surface area contributed by atoms with E-state index in [1.54, 1.807) is 12.1 Å². The first-order chi connectivity index (χ1) is 31.3. The molecular weight excluding hydrogens is 820 g/mol. The van der Waals surface area contributed by atoms with Gasteiger partial charge in [-0.15, -0.1) is 0 Å². The highest BCUT2D eigenvalue weighted by atomic mass is 19.1. The third-order valence-electron chi connectivity index (χ3n) is 10.2. The fourth-order valence-corrected chi connectivity index (χ4v) is 6.61. The van der Waals surface area contributed by atoms with Gasteiger partial charge in [0.25, 0.3) is 0 Å². The van der Waals surface area contributed by atoms with E-state index >= 15 is 0 Å². The predicted octanol–water partition coefficient (Wildman–Crippen LogP) is 9.62. The topological polar surface area (TPSA) is 157 Å². The molecular formula is C50H51FN4O9. The minimum Gasteiger partial charge on any atom is -0.493 e. The van der Waals surface area contributed by atoms with Crippen LogP contribution in [0, 0.1) is 19.8 Å². The van der Waals surface area contributed by atoms with Gasteiger partial charge < -0.3 is 32.7 Å². The average Bonchev–Trinajstić information content (AvgIpc) is 3.95. The summed E-state index contributed by atoms with van der Waals surface area (Å²) in [5.74, 6) is 2.78. The molecule has 14 heteroatoms. The van der Waals surface area contributed by atoms with Crippen LogP contribution < -0.4 is 9.47 Å². The molecule has 0 radical (unpaired) electrons. The van der Waals surface area contributed by atoms with Gasteiger partial charge in [0, 0.05) is 36.8 Å². The molecule has 0 N–H and O–H groups in total. The zero-order valence-electron chi connectivity index (χ0n) is 36.0. The quantitative estimate of drug-likeness (QED) is 0.0188. The summed E-state index contributed by atoms with van der Waals surface area (Å²) in [7, 11) is 0. The van der Waals surface area contributed by atoms with E-state index in [1.807, 2.05) is 111 Å². The van der Waals surface area contributed by atoms with Crippen molar-refractivity contribution >= 4 is 23.4 Å². The second-order valence-electron chi connectivity index (χ2n) is 15.4. The minimum atomic E-state index is -0.831. The number of ether oxygens (including phenoxy) is 3. The molecule has 1 fully saturated rings. The van der Waals surface area contributed by atoms with Crippen LogP contribution in [0.25, 0.3) is 22.9 Å². The Morgan fingerprint density at radius 1 is 0.625 bits per heavy atom. The maximum atomic E-state index is 13.1. The second-order valence-corrected chi connectivity index (χ2v) is 15.4. The number of oxime groups is 2. The average molecular weight is 871 g/mol. The number of hydrogen-bond donors (Lipinski definition) is 0. The number of esters is 2. The van der Waals surface area contributed by atoms with Gasteiger partial charge >= 0.3 is 11.9 Å². The molecule has 0 spiro atoms. The molecule has 1 aliphatic rings. The Bertz CT molecular complexity index is 2480. The van der Waals surface area contributed by atoms with E-state index in [2.05, 4.69) is 20.3 Å². The number of aromatic nitrogens is 2. The molecule has 1 saturated carbocycles. The third kappa shape index (κ3) is 14.0. The van der Waals surface area contributed by atoms with E-state index < -0.39 is 18.6 Å². The molecule has 0 amide bonds. The molecule has 7 rings (SSSR count). The summed E-state index contributed by atoms with van der Waals surface area (Å²) in [6.07, 6.45) is 3.13. The molecule has 64 heavy (non-hydrogen) atoms. The molecule has 1 aliphatic carbocycles. The first-order valence-electron chi connectivity index (χ1n) is 21.4. The monoisotopic (exact) mass is 870 g/mol. The van der Waals surface area contributed by atoms with Crippen LogP contribution in [0.2, 0.25) is 0 Å². The number of oxazole rings is 2. The Labute approximate surface area is 371 Å². The summed E-state index contributed by atoms with van der Waals surface area (Å²) >= 11 is 0. The largest absolute Gasteiger partial charge is 0.493 e. The molecule has 0 saturated heterocycles. The van der Waals surface area contributed by atoms with Crippen LogP contribution in [0.5, 0.6) is 11.5 Å². The van der Waals surface area contributed by atoms with Gasteiger partial charge in [0.15, 0.2) is 0 Å². The number of hydrogen-bond acceptors (Lipinski definition) is 13. The maximum Gasteiger partial charge on any atom is 0.319 e. The molecule has 2 aromatic heterocycles. The van der Waals surface area contributed by atoms with Crippen LogP contribution >= 0.6 is 0 Å². The summed E-state index contributed by atoms with van der Waals surface area (Å²) in [5.41, 5.74) is 5.79. The van der Waals surface area contributed by atoms with Crippen molar-refractivity contribution in [3.8, 4) is 34.4 Å². The fourth-order valence-electron chi connectivity index (χ4n) is 6.61. The number of alkyl halides is 1. The lowest BCUT2D eigenvalue weighted by atomic mass is 10.1. The highest BCUT2D eigenvalue weighted by molar-refractivity contribution is 6.06. The summed E-state index contributed by atoms with van der Waals surface area (Å²) in [5, 5.41) is 8.26. The minimum absolute atomic E-state index is 0.187. The Balaban J connectivity index is 0.880. The van der Waals surface area contributed by atoms with Crippen LogP contribution in [0.1, 0.15) is 59.7 Å². The van der Waals surface area contributed by atoms with Gasteiger partial charge in [-0.05, 0) is 92.3 Å². The summed E-state index contributed by atoms with van der Waals surface area (Å²) in [4.78, 5) is 46.1. The molecule has 13 nitrogen and oxygen atoms in total. The lowest BCUT2D eigenvalue weighted by Gasteiger charge is -2.10. The van der Waals surface area contributed by atoms with Gasteiger partial charge in [-0.1, -0.05) is 71.0 Å². The maximum absolute atomic E-state index is 13.1. The van der Waals surface area contributed by atoms with Crippen molar-refractivity contribution in [1.29, 1.82) is 0 Å². The first-order valence-corrected chi connectivity index (χ1v) is 21.4. The van der Waals surface area contributed by atoms with Gasteiger partial charge in [-0.2, -0.15) is 0 Å². The number of halogens is 1. The Morgan fingerprint density at radius 2 is 1.08 bits per heavy atom. The molecule has 0 bridgehead atoms. The number of carbonyl (C=O) groups is 2. The van der Waals surface area contributed by atoms with E-state index in [1.165, 1.54) is 0 Å². The van der Waals surface area contributed by atoms with Crippen molar-refractivity contribution in [2.45, 2.75) is 65.2 Å². The lowest BCUT2D eigenvalue weighted by molar-refractivity contribution is -0.157. The van der Waals surface area contributed by atoms with Crippen molar-refractivity contribution in [2.75, 3.05) is 33.1 Å². The number of carbonyl (C=O) groups excluding carboxylic acids is 2. The van der Waals surface area contributed by atoms with E-state index in [0.29, 0.717) is 67.6 Å². The molecule has 332 valence electrons.